The average molecular weight is 352 g/mol. The highest BCUT2D eigenvalue weighted by Crippen LogP contribution is 2.39. The number of nitrogens with zero attached hydrogens (tertiary/aromatic N) is 3. The van der Waals surface area contributed by atoms with Gasteiger partial charge in [0.1, 0.15) is 23.2 Å². The van der Waals surface area contributed by atoms with E-state index in [9.17, 15) is 0 Å². The lowest BCUT2D eigenvalue weighted by Gasteiger charge is -2.30. The highest BCUT2D eigenvalue weighted by molar-refractivity contribution is 5.53. The van der Waals surface area contributed by atoms with Gasteiger partial charge in [0, 0.05) is 31.1 Å². The molecule has 1 aliphatic carbocycles. The van der Waals surface area contributed by atoms with Crippen LogP contribution in [0.2, 0.25) is 0 Å². The van der Waals surface area contributed by atoms with Gasteiger partial charge in [-0.1, -0.05) is 13.0 Å². The molecule has 0 radical (unpaired) electrons. The lowest BCUT2D eigenvalue weighted by atomic mass is 9.99. The molecule has 1 saturated carbocycles. The van der Waals surface area contributed by atoms with Crippen molar-refractivity contribution in [2.45, 2.75) is 58.0 Å². The Balaban J connectivity index is 1.60. The first-order valence-electron chi connectivity index (χ1n) is 9.72. The van der Waals surface area contributed by atoms with Crippen LogP contribution in [0.1, 0.15) is 56.0 Å². The summed E-state index contributed by atoms with van der Waals surface area (Å²) in [5.41, 5.74) is 2.75. The summed E-state index contributed by atoms with van der Waals surface area (Å²) in [5.74, 6) is 4.51. The number of hydrogen-bond acceptors (Lipinski definition) is 5. The molecule has 0 unspecified atom stereocenters. The van der Waals surface area contributed by atoms with Gasteiger partial charge in [-0.2, -0.15) is 0 Å². The van der Waals surface area contributed by atoms with E-state index in [1.54, 1.807) is 7.11 Å². The fourth-order valence-electron chi connectivity index (χ4n) is 3.42. The van der Waals surface area contributed by atoms with Crippen molar-refractivity contribution in [3.63, 3.8) is 0 Å². The third kappa shape index (κ3) is 3.62. The fourth-order valence-corrected chi connectivity index (χ4v) is 3.42. The van der Waals surface area contributed by atoms with Crippen LogP contribution in [0.15, 0.2) is 24.3 Å². The lowest BCUT2D eigenvalue weighted by Crippen LogP contribution is -2.31. The third-order valence-electron chi connectivity index (χ3n) is 5.43. The molecule has 2 aromatic rings. The van der Waals surface area contributed by atoms with Crippen LogP contribution in [-0.4, -0.2) is 29.7 Å². The number of nitrogens with one attached hydrogen (secondary N) is 1. The van der Waals surface area contributed by atoms with Gasteiger partial charge in [0.25, 0.3) is 0 Å². The normalized spacial score (nSPS) is 17.6. The van der Waals surface area contributed by atoms with Gasteiger partial charge in [-0.25, -0.2) is 9.97 Å². The zero-order valence-electron chi connectivity index (χ0n) is 16.0. The Morgan fingerprint density at radius 2 is 2.08 bits per heavy atom. The maximum absolute atomic E-state index is 5.36. The van der Waals surface area contributed by atoms with Crippen molar-refractivity contribution in [2.24, 2.45) is 0 Å². The minimum Gasteiger partial charge on any atom is -0.497 e. The molecule has 0 amide bonds. The minimum atomic E-state index is 0.416. The van der Waals surface area contributed by atoms with Crippen molar-refractivity contribution in [1.82, 2.24) is 9.97 Å². The number of hydrogen-bond donors (Lipinski definition) is 1. The maximum Gasteiger partial charge on any atom is 0.136 e. The second-order valence-electron chi connectivity index (χ2n) is 7.50. The Bertz CT molecular complexity index is 788. The number of anilines is 2. The van der Waals surface area contributed by atoms with Crippen molar-refractivity contribution >= 4 is 11.6 Å². The van der Waals surface area contributed by atoms with Crippen molar-refractivity contribution < 1.29 is 4.74 Å². The first-order chi connectivity index (χ1) is 12.7. The number of methoxy groups -OCH3 is 1. The molecular weight excluding hydrogens is 324 g/mol. The zero-order valence-corrected chi connectivity index (χ0v) is 16.0. The molecule has 0 saturated heterocycles. The molecule has 5 nitrogen and oxygen atoms in total. The number of benzene rings is 1. The summed E-state index contributed by atoms with van der Waals surface area (Å²) < 4.78 is 5.36. The monoisotopic (exact) mass is 352 g/mol. The number of aromatic nitrogens is 2. The highest BCUT2D eigenvalue weighted by Gasteiger charge is 2.28. The molecule has 1 aromatic heterocycles. The molecule has 1 N–H and O–H groups in total. The largest absolute Gasteiger partial charge is 0.497 e. The molecule has 138 valence electrons. The van der Waals surface area contributed by atoms with E-state index in [1.807, 2.05) is 6.07 Å². The molecule has 5 heteroatoms. The SMILES string of the molecule is CC[C@@H](C)Nc1cc(N2CCc3cc(OC)ccc3C2)nc(C2CC2)n1. The summed E-state index contributed by atoms with van der Waals surface area (Å²) in [7, 11) is 1.73. The Morgan fingerprint density at radius 3 is 2.81 bits per heavy atom. The van der Waals surface area contributed by atoms with Crippen molar-refractivity contribution in [3.8, 4) is 5.75 Å². The number of ether oxygens (including phenoxy) is 1. The van der Waals surface area contributed by atoms with E-state index in [2.05, 4.69) is 42.3 Å². The maximum atomic E-state index is 5.36. The Hall–Kier alpha value is -2.30. The van der Waals surface area contributed by atoms with Gasteiger partial charge in [-0.15, -0.1) is 0 Å². The van der Waals surface area contributed by atoms with Gasteiger partial charge in [0.2, 0.25) is 0 Å². The van der Waals surface area contributed by atoms with Gasteiger partial charge in [0.15, 0.2) is 0 Å². The number of fused-ring (bicyclic) bond motifs is 1. The second kappa shape index (κ2) is 7.14. The topological polar surface area (TPSA) is 50.3 Å². The van der Waals surface area contributed by atoms with E-state index in [0.717, 1.165) is 49.1 Å². The third-order valence-corrected chi connectivity index (χ3v) is 5.43. The van der Waals surface area contributed by atoms with Crippen LogP contribution in [0.5, 0.6) is 5.75 Å². The molecule has 2 heterocycles. The van der Waals surface area contributed by atoms with Crippen LogP contribution in [0.25, 0.3) is 0 Å². The van der Waals surface area contributed by atoms with Crippen LogP contribution in [-0.2, 0) is 13.0 Å². The van der Waals surface area contributed by atoms with Crippen LogP contribution in [0.4, 0.5) is 11.6 Å². The fraction of sp³-hybridized carbons (Fsp3) is 0.524. The molecule has 26 heavy (non-hydrogen) atoms. The minimum absolute atomic E-state index is 0.416. The summed E-state index contributed by atoms with van der Waals surface area (Å²) in [5, 5.41) is 3.53. The predicted molar refractivity (Wildman–Crippen MR) is 105 cm³/mol. The second-order valence-corrected chi connectivity index (χ2v) is 7.50. The van der Waals surface area contributed by atoms with Crippen LogP contribution < -0.4 is 15.0 Å². The van der Waals surface area contributed by atoms with Crippen molar-refractivity contribution in [3.05, 3.63) is 41.2 Å². The Kier molecular flexibility index (Phi) is 4.70. The Morgan fingerprint density at radius 1 is 1.23 bits per heavy atom. The molecule has 0 bridgehead atoms. The summed E-state index contributed by atoms with van der Waals surface area (Å²) in [4.78, 5) is 12.1. The van der Waals surface area contributed by atoms with Gasteiger partial charge < -0.3 is 15.0 Å². The van der Waals surface area contributed by atoms with Crippen molar-refractivity contribution in [1.29, 1.82) is 0 Å². The molecule has 1 atom stereocenters. The van der Waals surface area contributed by atoms with Gasteiger partial charge in [-0.05, 0) is 55.9 Å². The molecule has 0 spiro atoms. The molecule has 1 aromatic carbocycles. The van der Waals surface area contributed by atoms with E-state index < -0.39 is 0 Å². The van der Waals surface area contributed by atoms with Crippen molar-refractivity contribution in [2.75, 3.05) is 23.9 Å². The van der Waals surface area contributed by atoms with E-state index in [4.69, 9.17) is 14.7 Å². The molecule has 1 fully saturated rings. The smallest absolute Gasteiger partial charge is 0.136 e. The molecular formula is C21H28N4O. The summed E-state index contributed by atoms with van der Waals surface area (Å²) in [6.07, 6.45) is 4.53. The van der Waals surface area contributed by atoms with E-state index in [1.165, 1.54) is 24.0 Å². The summed E-state index contributed by atoms with van der Waals surface area (Å²) >= 11 is 0. The van der Waals surface area contributed by atoms with Crippen LogP contribution >= 0.6 is 0 Å². The van der Waals surface area contributed by atoms with E-state index >= 15 is 0 Å². The summed E-state index contributed by atoms with van der Waals surface area (Å²) in [6, 6.07) is 8.93. The predicted octanol–water partition coefficient (Wildman–Crippen LogP) is 4.14. The standard InChI is InChI=1S/C21H28N4O/c1-4-14(2)22-19-12-20(24-21(23-19)15-5-6-15)25-10-9-16-11-18(26-3)8-7-17(16)13-25/h7-8,11-12,14-15H,4-6,9-10,13H2,1-3H3,(H,22,23,24)/t14-/m1/s1. The Labute approximate surface area is 155 Å². The number of rotatable bonds is 6. The molecule has 2 aliphatic rings. The average Bonchev–Trinajstić information content (AvgIpc) is 3.52. The first-order valence-corrected chi connectivity index (χ1v) is 9.72. The highest BCUT2D eigenvalue weighted by atomic mass is 16.5. The van der Waals surface area contributed by atoms with E-state index in [0.29, 0.717) is 12.0 Å². The van der Waals surface area contributed by atoms with Crippen LogP contribution in [0.3, 0.4) is 0 Å². The quantitative estimate of drug-likeness (QED) is 0.847. The van der Waals surface area contributed by atoms with E-state index in [-0.39, 0.29) is 0 Å². The lowest BCUT2D eigenvalue weighted by molar-refractivity contribution is 0.413. The molecule has 4 rings (SSSR count). The molecule has 1 aliphatic heterocycles. The van der Waals surface area contributed by atoms with Gasteiger partial charge >= 0.3 is 0 Å². The van der Waals surface area contributed by atoms with Gasteiger partial charge in [0.05, 0.1) is 7.11 Å². The van der Waals surface area contributed by atoms with Gasteiger partial charge in [-0.3, -0.25) is 0 Å². The zero-order chi connectivity index (χ0) is 18.1. The first kappa shape index (κ1) is 17.1. The summed E-state index contributed by atoms with van der Waals surface area (Å²) in [6.45, 7) is 6.26. The van der Waals surface area contributed by atoms with Crippen LogP contribution in [0, 0.1) is 0 Å².